The van der Waals surface area contributed by atoms with Gasteiger partial charge in [-0.1, -0.05) is 50.8 Å². The van der Waals surface area contributed by atoms with Crippen LogP contribution in [-0.2, 0) is 24.1 Å². The first-order chi connectivity index (χ1) is 13.9. The molecule has 1 amide bonds. The number of hydrogen-bond acceptors (Lipinski definition) is 8. The lowest BCUT2D eigenvalue weighted by Gasteiger charge is -2.18. The summed E-state index contributed by atoms with van der Waals surface area (Å²) >= 11 is 4.73. The topological polar surface area (TPSA) is 80.7 Å². The fraction of sp³-hybridized carbons (Fsp3) is 0.550. The molecule has 154 valence electrons. The lowest BCUT2D eigenvalue weighted by Crippen LogP contribution is -2.14. The normalized spacial score (nSPS) is 16.4. The van der Waals surface area contributed by atoms with Gasteiger partial charge in [-0.3, -0.25) is 10.1 Å². The average Bonchev–Trinajstić information content (AvgIpc) is 3.29. The molecule has 0 unspecified atom stereocenters. The number of hydrogen-bond donors (Lipinski definition) is 1. The standard InChI is InChI=1S/C20H25N5OS3/c1-5-15-24-25-20(29-15)21-14(26)9-27-18-16-12-7-6-11(4)8-13(12)28-19(16)23-17(22-18)10(2)3/h10-11H,5-9H2,1-4H3,(H,21,25,26)/t11-/m0/s1. The zero-order chi connectivity index (χ0) is 20.5. The van der Waals surface area contributed by atoms with E-state index < -0.39 is 0 Å². The molecule has 1 atom stereocenters. The molecule has 0 spiro atoms. The van der Waals surface area contributed by atoms with Crippen LogP contribution >= 0.6 is 34.4 Å². The van der Waals surface area contributed by atoms with Crippen molar-refractivity contribution in [2.45, 2.75) is 64.3 Å². The molecule has 0 aliphatic heterocycles. The van der Waals surface area contributed by atoms with Crippen LogP contribution in [0.1, 0.15) is 61.3 Å². The van der Waals surface area contributed by atoms with E-state index in [1.165, 1.54) is 45.3 Å². The number of thioether (sulfide) groups is 1. The number of thiophene rings is 1. The Balaban J connectivity index is 1.59. The molecule has 3 heterocycles. The molecule has 0 radical (unpaired) electrons. The van der Waals surface area contributed by atoms with E-state index in [0.29, 0.717) is 10.9 Å². The SMILES string of the molecule is CCc1nnc(NC(=O)CSc2nc(C(C)C)nc3sc4c(c23)CC[C@H](C)C4)s1. The van der Waals surface area contributed by atoms with Crippen LogP contribution in [0, 0.1) is 5.92 Å². The van der Waals surface area contributed by atoms with Crippen molar-refractivity contribution >= 4 is 55.7 Å². The van der Waals surface area contributed by atoms with Gasteiger partial charge in [-0.05, 0) is 37.2 Å². The summed E-state index contributed by atoms with van der Waals surface area (Å²) < 4.78 is 0. The fourth-order valence-electron chi connectivity index (χ4n) is 3.42. The predicted molar refractivity (Wildman–Crippen MR) is 121 cm³/mol. The number of nitrogens with one attached hydrogen (secondary N) is 1. The minimum absolute atomic E-state index is 0.0793. The molecule has 3 aromatic heterocycles. The van der Waals surface area contributed by atoms with E-state index in [2.05, 4.69) is 36.3 Å². The van der Waals surface area contributed by atoms with Crippen molar-refractivity contribution in [1.29, 1.82) is 0 Å². The van der Waals surface area contributed by atoms with E-state index in [0.717, 1.165) is 45.9 Å². The number of nitrogens with zero attached hydrogens (tertiary/aromatic N) is 4. The van der Waals surface area contributed by atoms with Gasteiger partial charge in [-0.15, -0.1) is 21.5 Å². The van der Waals surface area contributed by atoms with Gasteiger partial charge in [0, 0.05) is 16.2 Å². The number of carbonyl (C=O) groups is 1. The number of aromatic nitrogens is 4. The van der Waals surface area contributed by atoms with Crippen LogP contribution in [0.2, 0.25) is 0 Å². The third-order valence-electron chi connectivity index (χ3n) is 5.01. The molecular formula is C20H25N5OS3. The van der Waals surface area contributed by atoms with E-state index in [9.17, 15) is 4.79 Å². The molecule has 1 N–H and O–H groups in total. The van der Waals surface area contributed by atoms with Gasteiger partial charge in [0.25, 0.3) is 0 Å². The number of fused-ring (bicyclic) bond motifs is 3. The molecule has 29 heavy (non-hydrogen) atoms. The lowest BCUT2D eigenvalue weighted by molar-refractivity contribution is -0.113. The molecule has 0 fully saturated rings. The maximum atomic E-state index is 12.5. The predicted octanol–water partition coefficient (Wildman–Crippen LogP) is 5.08. The molecular weight excluding hydrogens is 422 g/mol. The minimum atomic E-state index is -0.0793. The quantitative estimate of drug-likeness (QED) is 0.419. The Bertz CT molecular complexity index is 1040. The molecule has 4 rings (SSSR count). The first-order valence-electron chi connectivity index (χ1n) is 10.0. The Morgan fingerprint density at radius 2 is 2.10 bits per heavy atom. The largest absolute Gasteiger partial charge is 0.300 e. The first-order valence-corrected chi connectivity index (χ1v) is 12.6. The monoisotopic (exact) mass is 447 g/mol. The van der Waals surface area contributed by atoms with Crippen LogP contribution < -0.4 is 5.32 Å². The summed E-state index contributed by atoms with van der Waals surface area (Å²) in [5.41, 5.74) is 1.40. The van der Waals surface area contributed by atoms with Crippen LogP contribution in [0.5, 0.6) is 0 Å². The summed E-state index contributed by atoms with van der Waals surface area (Å²) in [5.74, 6) is 2.04. The Labute approximate surface area is 183 Å². The molecule has 9 heteroatoms. The Morgan fingerprint density at radius 3 is 2.83 bits per heavy atom. The Kier molecular flexibility index (Phi) is 6.17. The second-order valence-corrected chi connectivity index (χ2v) is 10.9. The van der Waals surface area contributed by atoms with E-state index in [-0.39, 0.29) is 11.8 Å². The van der Waals surface area contributed by atoms with Crippen molar-refractivity contribution in [3.05, 3.63) is 21.3 Å². The van der Waals surface area contributed by atoms with E-state index in [4.69, 9.17) is 9.97 Å². The highest BCUT2D eigenvalue weighted by atomic mass is 32.2. The smallest absolute Gasteiger partial charge is 0.236 e. The van der Waals surface area contributed by atoms with Crippen molar-refractivity contribution in [2.24, 2.45) is 5.92 Å². The van der Waals surface area contributed by atoms with E-state index in [1.54, 1.807) is 0 Å². The highest BCUT2D eigenvalue weighted by molar-refractivity contribution is 8.00. The summed E-state index contributed by atoms with van der Waals surface area (Å²) in [5, 5.41) is 14.5. The van der Waals surface area contributed by atoms with Crippen molar-refractivity contribution in [3.63, 3.8) is 0 Å². The summed E-state index contributed by atoms with van der Waals surface area (Å²) in [6.07, 6.45) is 4.22. The molecule has 0 saturated carbocycles. The van der Waals surface area contributed by atoms with Gasteiger partial charge < -0.3 is 0 Å². The van der Waals surface area contributed by atoms with Gasteiger partial charge in [0.15, 0.2) is 0 Å². The third-order valence-corrected chi connectivity index (χ3v) is 8.12. The second kappa shape index (κ2) is 8.65. The summed E-state index contributed by atoms with van der Waals surface area (Å²) in [7, 11) is 0. The summed E-state index contributed by atoms with van der Waals surface area (Å²) in [6.45, 7) is 8.56. The van der Waals surface area contributed by atoms with Gasteiger partial charge in [0.1, 0.15) is 20.7 Å². The Hall–Kier alpha value is -1.58. The van der Waals surface area contributed by atoms with Gasteiger partial charge in [0.05, 0.1) is 5.75 Å². The molecule has 3 aromatic rings. The molecule has 0 aromatic carbocycles. The number of amides is 1. The lowest BCUT2D eigenvalue weighted by atomic mass is 9.89. The van der Waals surface area contributed by atoms with Crippen molar-refractivity contribution in [1.82, 2.24) is 20.2 Å². The maximum Gasteiger partial charge on any atom is 0.236 e. The van der Waals surface area contributed by atoms with Crippen molar-refractivity contribution in [2.75, 3.05) is 11.1 Å². The summed E-state index contributed by atoms with van der Waals surface area (Å²) in [6, 6.07) is 0. The average molecular weight is 448 g/mol. The number of rotatable bonds is 6. The van der Waals surface area contributed by atoms with Crippen molar-refractivity contribution < 1.29 is 4.79 Å². The highest BCUT2D eigenvalue weighted by Gasteiger charge is 2.25. The van der Waals surface area contributed by atoms with Crippen LogP contribution in [0.25, 0.3) is 10.2 Å². The van der Waals surface area contributed by atoms with Gasteiger partial charge in [-0.2, -0.15) is 0 Å². The number of anilines is 1. The Morgan fingerprint density at radius 1 is 1.28 bits per heavy atom. The molecule has 0 saturated heterocycles. The third kappa shape index (κ3) is 4.46. The highest BCUT2D eigenvalue weighted by Crippen LogP contribution is 2.41. The molecule has 0 bridgehead atoms. The number of carbonyl (C=O) groups excluding carboxylic acids is 1. The van der Waals surface area contributed by atoms with Crippen molar-refractivity contribution in [3.8, 4) is 0 Å². The zero-order valence-corrected chi connectivity index (χ0v) is 19.6. The molecule has 1 aliphatic rings. The first kappa shape index (κ1) is 20.7. The van der Waals surface area contributed by atoms with Crippen LogP contribution in [0.15, 0.2) is 5.03 Å². The maximum absolute atomic E-state index is 12.5. The van der Waals surface area contributed by atoms with Crippen LogP contribution in [0.4, 0.5) is 5.13 Å². The zero-order valence-electron chi connectivity index (χ0n) is 17.1. The van der Waals surface area contributed by atoms with E-state index in [1.807, 2.05) is 18.3 Å². The summed E-state index contributed by atoms with van der Waals surface area (Å²) in [4.78, 5) is 24.7. The second-order valence-electron chi connectivity index (χ2n) is 7.76. The fourth-order valence-corrected chi connectivity index (χ4v) is 6.44. The van der Waals surface area contributed by atoms with Gasteiger partial charge in [0.2, 0.25) is 11.0 Å². The van der Waals surface area contributed by atoms with E-state index >= 15 is 0 Å². The van der Waals surface area contributed by atoms with Crippen LogP contribution in [0.3, 0.4) is 0 Å². The van der Waals surface area contributed by atoms with Gasteiger partial charge in [-0.25, -0.2) is 9.97 Å². The van der Waals surface area contributed by atoms with Gasteiger partial charge >= 0.3 is 0 Å². The molecule has 1 aliphatic carbocycles. The molecule has 6 nitrogen and oxygen atoms in total. The number of aryl methyl sites for hydroxylation is 2. The van der Waals surface area contributed by atoms with Crippen LogP contribution in [-0.4, -0.2) is 31.8 Å². The minimum Gasteiger partial charge on any atom is -0.300 e.